The van der Waals surface area contributed by atoms with E-state index in [-0.39, 0.29) is 18.0 Å². The molecule has 7 nitrogen and oxygen atoms in total. The first-order valence-electron chi connectivity index (χ1n) is 8.05. The van der Waals surface area contributed by atoms with Gasteiger partial charge in [0.15, 0.2) is 5.71 Å². The van der Waals surface area contributed by atoms with Gasteiger partial charge < -0.3 is 19.2 Å². The predicted octanol–water partition coefficient (Wildman–Crippen LogP) is 1.63. The fourth-order valence-electron chi connectivity index (χ4n) is 2.89. The van der Waals surface area contributed by atoms with E-state index in [9.17, 15) is 9.59 Å². The Bertz CT molecular complexity index is 723. The van der Waals surface area contributed by atoms with Gasteiger partial charge in [0.05, 0.1) is 14.2 Å². The number of carbonyl (C=O) groups excluding carboxylic acids is 2. The zero-order valence-electron chi connectivity index (χ0n) is 14.2. The van der Waals surface area contributed by atoms with Gasteiger partial charge in [-0.3, -0.25) is 4.79 Å². The first kappa shape index (κ1) is 17.0. The van der Waals surface area contributed by atoms with E-state index in [4.69, 9.17) is 9.57 Å². The molecule has 3 rings (SSSR count). The minimum absolute atomic E-state index is 0.146. The minimum Gasteiger partial charge on any atom is -0.497 e. The summed E-state index contributed by atoms with van der Waals surface area (Å²) in [5.41, 5.74) is 2.47. The number of ether oxygens (including phenoxy) is 2. The van der Waals surface area contributed by atoms with Gasteiger partial charge in [-0.2, -0.15) is 0 Å². The molecule has 2 aliphatic rings. The van der Waals surface area contributed by atoms with Gasteiger partial charge in [-0.15, -0.1) is 0 Å². The Morgan fingerprint density at radius 2 is 2.00 bits per heavy atom. The molecule has 0 saturated carbocycles. The van der Waals surface area contributed by atoms with E-state index in [1.165, 1.54) is 12.7 Å². The van der Waals surface area contributed by atoms with Crippen LogP contribution in [-0.4, -0.2) is 55.9 Å². The maximum atomic E-state index is 12.5. The van der Waals surface area contributed by atoms with Gasteiger partial charge in [0.2, 0.25) is 6.10 Å². The van der Waals surface area contributed by atoms with Crippen molar-refractivity contribution in [1.82, 2.24) is 4.90 Å². The highest BCUT2D eigenvalue weighted by molar-refractivity contribution is 6.37. The second kappa shape index (κ2) is 7.38. The SMILES string of the molecule is COC(=O)C1=NO[C@H](C(=O)N2CC=C(c3ccc(OC)cc3)CC2)C1. The molecule has 2 heterocycles. The van der Waals surface area contributed by atoms with Crippen LogP contribution in [0.5, 0.6) is 5.75 Å². The number of benzene rings is 1. The van der Waals surface area contributed by atoms with Crippen LogP contribution in [-0.2, 0) is 19.2 Å². The number of amides is 1. The van der Waals surface area contributed by atoms with Crippen molar-refractivity contribution in [2.45, 2.75) is 18.9 Å². The molecule has 0 aromatic heterocycles. The molecule has 0 fully saturated rings. The summed E-state index contributed by atoms with van der Waals surface area (Å²) < 4.78 is 9.76. The molecular formula is C18H20N2O5. The third-order valence-electron chi connectivity index (χ3n) is 4.35. The van der Waals surface area contributed by atoms with E-state index in [0.29, 0.717) is 13.1 Å². The van der Waals surface area contributed by atoms with E-state index in [2.05, 4.69) is 9.89 Å². The molecule has 0 spiro atoms. The van der Waals surface area contributed by atoms with Crippen LogP contribution < -0.4 is 4.74 Å². The summed E-state index contributed by atoms with van der Waals surface area (Å²) in [6.07, 6.45) is 2.21. The molecule has 1 amide bonds. The van der Waals surface area contributed by atoms with Crippen molar-refractivity contribution in [3.63, 3.8) is 0 Å². The van der Waals surface area contributed by atoms with Crippen molar-refractivity contribution in [3.05, 3.63) is 35.9 Å². The molecule has 0 saturated heterocycles. The maximum absolute atomic E-state index is 12.5. The summed E-state index contributed by atoms with van der Waals surface area (Å²) in [5, 5.41) is 3.65. The van der Waals surface area contributed by atoms with Gasteiger partial charge in [0.1, 0.15) is 5.75 Å². The largest absolute Gasteiger partial charge is 0.497 e. The van der Waals surface area contributed by atoms with Crippen LogP contribution in [0.3, 0.4) is 0 Å². The molecule has 2 aliphatic heterocycles. The van der Waals surface area contributed by atoms with Crippen LogP contribution in [0.15, 0.2) is 35.5 Å². The van der Waals surface area contributed by atoms with Crippen LogP contribution in [0, 0.1) is 0 Å². The second-order valence-electron chi connectivity index (χ2n) is 5.82. The van der Waals surface area contributed by atoms with Crippen LogP contribution in [0.25, 0.3) is 5.57 Å². The molecular weight excluding hydrogens is 324 g/mol. The molecule has 1 aromatic rings. The predicted molar refractivity (Wildman–Crippen MR) is 91.1 cm³/mol. The first-order valence-corrected chi connectivity index (χ1v) is 8.05. The lowest BCUT2D eigenvalue weighted by Crippen LogP contribution is -2.41. The maximum Gasteiger partial charge on any atom is 0.355 e. The van der Waals surface area contributed by atoms with Crippen molar-refractivity contribution in [2.24, 2.45) is 5.16 Å². The fraction of sp³-hybridized carbons (Fsp3) is 0.389. The van der Waals surface area contributed by atoms with Gasteiger partial charge in [0.25, 0.3) is 5.91 Å². The van der Waals surface area contributed by atoms with Crippen molar-refractivity contribution in [1.29, 1.82) is 0 Å². The number of rotatable bonds is 4. The number of carbonyl (C=O) groups is 2. The number of nitrogens with zero attached hydrogens (tertiary/aromatic N) is 2. The normalized spacial score (nSPS) is 19.6. The summed E-state index contributed by atoms with van der Waals surface area (Å²) in [5.74, 6) is 0.0973. The second-order valence-corrected chi connectivity index (χ2v) is 5.82. The third kappa shape index (κ3) is 3.65. The summed E-state index contributed by atoms with van der Waals surface area (Å²) in [6.45, 7) is 1.11. The summed E-state index contributed by atoms with van der Waals surface area (Å²) in [4.78, 5) is 30.8. The number of hydrogen-bond donors (Lipinski definition) is 0. The number of oxime groups is 1. The van der Waals surface area contributed by atoms with Crippen LogP contribution in [0.4, 0.5) is 0 Å². The number of methoxy groups -OCH3 is 2. The van der Waals surface area contributed by atoms with Gasteiger partial charge in [-0.05, 0) is 29.7 Å². The summed E-state index contributed by atoms with van der Waals surface area (Å²) in [6, 6.07) is 7.87. The summed E-state index contributed by atoms with van der Waals surface area (Å²) >= 11 is 0. The third-order valence-corrected chi connectivity index (χ3v) is 4.35. The van der Waals surface area contributed by atoms with Crippen LogP contribution in [0.2, 0.25) is 0 Å². The van der Waals surface area contributed by atoms with E-state index in [0.717, 1.165) is 17.7 Å². The molecule has 25 heavy (non-hydrogen) atoms. The number of esters is 1. The minimum atomic E-state index is -0.745. The topological polar surface area (TPSA) is 77.4 Å². The zero-order valence-corrected chi connectivity index (χ0v) is 14.2. The van der Waals surface area contributed by atoms with Gasteiger partial charge in [-0.25, -0.2) is 4.79 Å². The molecule has 0 bridgehead atoms. The monoisotopic (exact) mass is 344 g/mol. The Kier molecular flexibility index (Phi) is 5.02. The lowest BCUT2D eigenvalue weighted by Gasteiger charge is -2.28. The Labute approximate surface area is 145 Å². The van der Waals surface area contributed by atoms with E-state index >= 15 is 0 Å². The van der Waals surface area contributed by atoms with Crippen molar-refractivity contribution in [2.75, 3.05) is 27.3 Å². The van der Waals surface area contributed by atoms with Crippen LogP contribution >= 0.6 is 0 Å². The highest BCUT2D eigenvalue weighted by Crippen LogP contribution is 2.25. The Morgan fingerprint density at radius 1 is 1.24 bits per heavy atom. The van der Waals surface area contributed by atoms with E-state index in [1.54, 1.807) is 12.0 Å². The molecule has 0 aliphatic carbocycles. The zero-order chi connectivity index (χ0) is 17.8. The molecule has 7 heteroatoms. The average molecular weight is 344 g/mol. The number of hydrogen-bond acceptors (Lipinski definition) is 6. The fourth-order valence-corrected chi connectivity index (χ4v) is 2.89. The lowest BCUT2D eigenvalue weighted by molar-refractivity contribution is -0.141. The molecule has 1 atom stereocenters. The smallest absolute Gasteiger partial charge is 0.355 e. The molecule has 0 radical (unpaired) electrons. The van der Waals surface area contributed by atoms with E-state index < -0.39 is 12.1 Å². The molecule has 1 aromatic carbocycles. The van der Waals surface area contributed by atoms with Gasteiger partial charge in [-0.1, -0.05) is 23.4 Å². The highest BCUT2D eigenvalue weighted by atomic mass is 16.7. The van der Waals surface area contributed by atoms with Crippen molar-refractivity contribution >= 4 is 23.2 Å². The Morgan fingerprint density at radius 3 is 2.60 bits per heavy atom. The average Bonchev–Trinajstić information content (AvgIpc) is 3.17. The Balaban J connectivity index is 1.59. The first-order chi connectivity index (χ1) is 12.1. The van der Waals surface area contributed by atoms with Crippen molar-refractivity contribution < 1.29 is 23.9 Å². The van der Waals surface area contributed by atoms with Crippen molar-refractivity contribution in [3.8, 4) is 5.75 Å². The Hall–Kier alpha value is -2.83. The molecule has 0 N–H and O–H groups in total. The molecule has 0 unspecified atom stereocenters. The lowest BCUT2D eigenvalue weighted by atomic mass is 9.99. The van der Waals surface area contributed by atoms with Crippen LogP contribution in [0.1, 0.15) is 18.4 Å². The van der Waals surface area contributed by atoms with E-state index in [1.807, 2.05) is 30.3 Å². The standard InChI is InChI=1S/C18H20N2O5/c1-23-14-5-3-12(4-6-14)13-7-9-20(10-8-13)17(21)16-11-15(19-25-16)18(22)24-2/h3-7,16H,8-11H2,1-2H3/t16-/m0/s1. The molecule has 132 valence electrons. The van der Waals surface area contributed by atoms with Gasteiger partial charge >= 0.3 is 5.97 Å². The quantitative estimate of drug-likeness (QED) is 0.776. The summed E-state index contributed by atoms with van der Waals surface area (Å²) in [7, 11) is 2.91. The van der Waals surface area contributed by atoms with Gasteiger partial charge in [0, 0.05) is 19.5 Å². The highest BCUT2D eigenvalue weighted by Gasteiger charge is 2.35.